The molecule has 8 heteroatoms. The molecule has 0 spiro atoms. The molecule has 0 aliphatic heterocycles. The van der Waals surface area contributed by atoms with E-state index in [4.69, 9.17) is 17.3 Å². The molecule has 0 unspecified atom stereocenters. The van der Waals surface area contributed by atoms with Crippen molar-refractivity contribution in [2.75, 3.05) is 10.5 Å². The molecule has 0 aliphatic rings. The molecule has 2 aromatic rings. The largest absolute Gasteiger partial charge is 0.398 e. The Morgan fingerprint density at radius 2 is 2.05 bits per heavy atom. The van der Waals surface area contributed by atoms with Crippen LogP contribution in [0.4, 0.5) is 10.8 Å². The first kappa shape index (κ1) is 16.1. The van der Waals surface area contributed by atoms with Crippen LogP contribution in [0.25, 0.3) is 0 Å². The van der Waals surface area contributed by atoms with Crippen molar-refractivity contribution in [1.82, 2.24) is 4.98 Å². The molecule has 1 aromatic heterocycles. The summed E-state index contributed by atoms with van der Waals surface area (Å²) in [5.41, 5.74) is 7.47. The van der Waals surface area contributed by atoms with Crippen LogP contribution in [0.2, 0.25) is 5.02 Å². The SMILES string of the molecule is CCc1nc(NS(=O)(=O)c2cc(Cl)cc(N)c2C)sc1C. The Morgan fingerprint density at radius 1 is 1.38 bits per heavy atom. The van der Waals surface area contributed by atoms with Crippen molar-refractivity contribution in [3.63, 3.8) is 0 Å². The van der Waals surface area contributed by atoms with Gasteiger partial charge in [0.05, 0.1) is 10.6 Å². The summed E-state index contributed by atoms with van der Waals surface area (Å²) in [5.74, 6) is 0. The zero-order valence-corrected chi connectivity index (χ0v) is 14.3. The second kappa shape index (κ2) is 5.82. The Balaban J connectivity index is 2.43. The zero-order chi connectivity index (χ0) is 15.8. The number of aryl methyl sites for hydroxylation is 2. The number of sulfonamides is 1. The lowest BCUT2D eigenvalue weighted by molar-refractivity contribution is 0.600. The van der Waals surface area contributed by atoms with Gasteiger partial charge in [-0.05, 0) is 38.0 Å². The van der Waals surface area contributed by atoms with Crippen LogP contribution in [0.15, 0.2) is 17.0 Å². The second-order valence-electron chi connectivity index (χ2n) is 4.60. The Morgan fingerprint density at radius 3 is 2.62 bits per heavy atom. The molecule has 0 fully saturated rings. The number of benzene rings is 1. The summed E-state index contributed by atoms with van der Waals surface area (Å²) in [5, 5.41) is 0.630. The smallest absolute Gasteiger partial charge is 0.264 e. The summed E-state index contributed by atoms with van der Waals surface area (Å²) < 4.78 is 27.4. The standard InChI is InChI=1S/C13H16ClN3O2S2/c1-4-11-8(3)20-13(16-11)17-21(18,19)12-6-9(14)5-10(15)7(12)2/h5-6H,4,15H2,1-3H3,(H,16,17). The van der Waals surface area contributed by atoms with Gasteiger partial charge in [-0.1, -0.05) is 18.5 Å². The van der Waals surface area contributed by atoms with Gasteiger partial charge in [0.1, 0.15) is 0 Å². The Kier molecular flexibility index (Phi) is 4.46. The molecule has 0 bridgehead atoms. The van der Waals surface area contributed by atoms with Crippen molar-refractivity contribution in [2.24, 2.45) is 0 Å². The zero-order valence-electron chi connectivity index (χ0n) is 11.9. The van der Waals surface area contributed by atoms with E-state index in [1.165, 1.54) is 23.5 Å². The molecule has 114 valence electrons. The number of halogens is 1. The number of hydrogen-bond acceptors (Lipinski definition) is 5. The van der Waals surface area contributed by atoms with Gasteiger partial charge < -0.3 is 5.73 Å². The van der Waals surface area contributed by atoms with E-state index >= 15 is 0 Å². The molecule has 21 heavy (non-hydrogen) atoms. The van der Waals surface area contributed by atoms with Gasteiger partial charge in [0.2, 0.25) is 0 Å². The number of aromatic nitrogens is 1. The molecular formula is C13H16ClN3O2S2. The van der Waals surface area contributed by atoms with Gasteiger partial charge in [-0.2, -0.15) is 0 Å². The van der Waals surface area contributed by atoms with Crippen LogP contribution in [0, 0.1) is 13.8 Å². The average Bonchev–Trinajstić information content (AvgIpc) is 2.72. The molecule has 0 radical (unpaired) electrons. The number of nitrogens with one attached hydrogen (secondary N) is 1. The van der Waals surface area contributed by atoms with Crippen LogP contribution in [-0.2, 0) is 16.4 Å². The number of rotatable bonds is 4. The minimum Gasteiger partial charge on any atom is -0.398 e. The minimum absolute atomic E-state index is 0.0680. The number of nitrogens with zero attached hydrogens (tertiary/aromatic N) is 1. The van der Waals surface area contributed by atoms with Crippen molar-refractivity contribution in [1.29, 1.82) is 0 Å². The third-order valence-corrected chi connectivity index (χ3v) is 5.84. The van der Waals surface area contributed by atoms with Gasteiger partial charge in [0.25, 0.3) is 10.0 Å². The molecule has 0 amide bonds. The topological polar surface area (TPSA) is 85.1 Å². The van der Waals surface area contributed by atoms with Gasteiger partial charge in [-0.25, -0.2) is 13.4 Å². The fourth-order valence-corrected chi connectivity index (χ4v) is 4.65. The number of nitrogens with two attached hydrogens (primary N) is 1. The second-order valence-corrected chi connectivity index (χ2v) is 7.89. The maximum Gasteiger partial charge on any atom is 0.264 e. The molecule has 3 N–H and O–H groups in total. The molecule has 0 saturated carbocycles. The quantitative estimate of drug-likeness (QED) is 0.832. The minimum atomic E-state index is -3.77. The fraction of sp³-hybridized carbons (Fsp3) is 0.308. The third kappa shape index (κ3) is 3.30. The first-order chi connectivity index (χ1) is 9.74. The molecule has 0 atom stereocenters. The Labute approximate surface area is 133 Å². The highest BCUT2D eigenvalue weighted by atomic mass is 35.5. The summed E-state index contributed by atoms with van der Waals surface area (Å²) >= 11 is 7.21. The molecule has 1 heterocycles. The fourth-order valence-electron chi connectivity index (χ4n) is 1.92. The van der Waals surface area contributed by atoms with Gasteiger partial charge in [0.15, 0.2) is 5.13 Å². The average molecular weight is 346 g/mol. The lowest BCUT2D eigenvalue weighted by Gasteiger charge is -2.10. The highest BCUT2D eigenvalue weighted by Gasteiger charge is 2.21. The first-order valence-electron chi connectivity index (χ1n) is 6.29. The van der Waals surface area contributed by atoms with Crippen LogP contribution < -0.4 is 10.5 Å². The molecule has 2 rings (SSSR count). The van der Waals surface area contributed by atoms with E-state index in [1.807, 2.05) is 13.8 Å². The van der Waals surface area contributed by atoms with Crippen molar-refractivity contribution in [2.45, 2.75) is 32.1 Å². The number of hydrogen-bond donors (Lipinski definition) is 2. The summed E-state index contributed by atoms with van der Waals surface area (Å²) in [4.78, 5) is 5.34. The van der Waals surface area contributed by atoms with Crippen LogP contribution in [0.5, 0.6) is 0 Å². The maximum absolute atomic E-state index is 12.5. The van der Waals surface area contributed by atoms with E-state index in [-0.39, 0.29) is 9.92 Å². The van der Waals surface area contributed by atoms with E-state index < -0.39 is 10.0 Å². The molecule has 0 saturated heterocycles. The summed E-state index contributed by atoms with van der Waals surface area (Å²) in [6, 6.07) is 2.91. The van der Waals surface area contributed by atoms with Crippen LogP contribution in [0.3, 0.4) is 0 Å². The number of thiazole rings is 1. The first-order valence-corrected chi connectivity index (χ1v) is 8.97. The van der Waals surface area contributed by atoms with E-state index in [9.17, 15) is 8.42 Å². The Bertz CT molecular complexity index is 785. The van der Waals surface area contributed by atoms with Crippen molar-refractivity contribution >= 4 is 43.8 Å². The number of nitrogen functional groups attached to an aromatic ring is 1. The lowest BCUT2D eigenvalue weighted by atomic mass is 10.2. The normalized spacial score (nSPS) is 11.6. The van der Waals surface area contributed by atoms with Crippen molar-refractivity contribution in [3.05, 3.63) is 33.3 Å². The summed E-state index contributed by atoms with van der Waals surface area (Å²) in [6.45, 7) is 5.53. The maximum atomic E-state index is 12.5. The highest BCUT2D eigenvalue weighted by Crippen LogP contribution is 2.29. The third-order valence-electron chi connectivity index (χ3n) is 3.10. The molecule has 0 aliphatic carbocycles. The van der Waals surface area contributed by atoms with Gasteiger partial charge in [0, 0.05) is 15.6 Å². The predicted octanol–water partition coefficient (Wildman–Crippen LogP) is 3.36. The van der Waals surface area contributed by atoms with E-state index in [0.717, 1.165) is 17.0 Å². The monoisotopic (exact) mass is 345 g/mol. The van der Waals surface area contributed by atoms with Crippen molar-refractivity contribution < 1.29 is 8.42 Å². The molecule has 1 aromatic carbocycles. The number of anilines is 2. The van der Waals surface area contributed by atoms with E-state index in [0.29, 0.717) is 16.4 Å². The van der Waals surface area contributed by atoms with Gasteiger partial charge in [-0.15, -0.1) is 11.3 Å². The lowest BCUT2D eigenvalue weighted by Crippen LogP contribution is -2.15. The van der Waals surface area contributed by atoms with E-state index in [2.05, 4.69) is 9.71 Å². The van der Waals surface area contributed by atoms with Crippen LogP contribution >= 0.6 is 22.9 Å². The van der Waals surface area contributed by atoms with Gasteiger partial charge >= 0.3 is 0 Å². The van der Waals surface area contributed by atoms with E-state index in [1.54, 1.807) is 6.92 Å². The van der Waals surface area contributed by atoms with Crippen LogP contribution in [0.1, 0.15) is 23.1 Å². The highest BCUT2D eigenvalue weighted by molar-refractivity contribution is 7.93. The van der Waals surface area contributed by atoms with Crippen LogP contribution in [-0.4, -0.2) is 13.4 Å². The Hall–Kier alpha value is -1.31. The molecule has 5 nitrogen and oxygen atoms in total. The summed E-state index contributed by atoms with van der Waals surface area (Å²) in [6.07, 6.45) is 0.757. The van der Waals surface area contributed by atoms with Crippen molar-refractivity contribution in [3.8, 4) is 0 Å². The predicted molar refractivity (Wildman–Crippen MR) is 87.6 cm³/mol. The molecular weight excluding hydrogens is 330 g/mol. The van der Waals surface area contributed by atoms with Gasteiger partial charge in [-0.3, -0.25) is 4.72 Å². The summed E-state index contributed by atoms with van der Waals surface area (Å²) in [7, 11) is -3.77.